The first-order valence-electron chi connectivity index (χ1n) is 8.25. The molecule has 1 amide bonds. The van der Waals surface area contributed by atoms with E-state index in [1.807, 2.05) is 0 Å². The number of nitrogens with one attached hydrogen (secondary N) is 1. The number of aromatic nitrogens is 2. The van der Waals surface area contributed by atoms with Crippen molar-refractivity contribution < 1.29 is 18.0 Å². The monoisotopic (exact) mass is 373 g/mol. The number of hydrogen-bond acceptors (Lipinski definition) is 2. The van der Waals surface area contributed by atoms with E-state index in [0.29, 0.717) is 16.9 Å². The van der Waals surface area contributed by atoms with Gasteiger partial charge in [-0.25, -0.2) is 0 Å². The Hall–Kier alpha value is -3.09. The first-order valence-corrected chi connectivity index (χ1v) is 8.25. The van der Waals surface area contributed by atoms with Gasteiger partial charge in [-0.3, -0.25) is 9.48 Å². The Morgan fingerprint density at radius 3 is 2.26 bits per heavy atom. The van der Waals surface area contributed by atoms with Crippen LogP contribution in [0.4, 0.5) is 18.9 Å². The number of amides is 1. The van der Waals surface area contributed by atoms with Crippen molar-refractivity contribution in [3.63, 3.8) is 0 Å². The average Bonchev–Trinajstić information content (AvgIpc) is 2.93. The summed E-state index contributed by atoms with van der Waals surface area (Å²) in [5, 5.41) is 6.84. The summed E-state index contributed by atoms with van der Waals surface area (Å²) in [6.45, 7) is 3.53. The van der Waals surface area contributed by atoms with E-state index in [9.17, 15) is 18.0 Å². The lowest BCUT2D eigenvalue weighted by Crippen LogP contribution is -2.16. The topological polar surface area (TPSA) is 46.9 Å². The highest BCUT2D eigenvalue weighted by Crippen LogP contribution is 2.37. The number of alkyl halides is 3. The van der Waals surface area contributed by atoms with Gasteiger partial charge in [-0.1, -0.05) is 29.8 Å². The maximum Gasteiger partial charge on any atom is 0.417 e. The summed E-state index contributed by atoms with van der Waals surface area (Å²) < 4.78 is 41.3. The zero-order chi connectivity index (χ0) is 19.8. The molecule has 0 spiro atoms. The van der Waals surface area contributed by atoms with Gasteiger partial charge in [-0.15, -0.1) is 0 Å². The Kier molecular flexibility index (Phi) is 4.78. The summed E-state index contributed by atoms with van der Waals surface area (Å²) in [7, 11) is 1.67. The fraction of sp³-hybridized carbons (Fsp3) is 0.200. The molecule has 1 N–H and O–H groups in total. The summed E-state index contributed by atoms with van der Waals surface area (Å²) in [5.74, 6) is -0.336. The van der Waals surface area contributed by atoms with Gasteiger partial charge in [-0.05, 0) is 49.2 Å². The summed E-state index contributed by atoms with van der Waals surface area (Å²) in [5.41, 5.74) is 2.20. The molecule has 1 aromatic heterocycles. The minimum absolute atomic E-state index is 0.114. The van der Waals surface area contributed by atoms with Crippen LogP contribution < -0.4 is 5.32 Å². The van der Waals surface area contributed by atoms with E-state index in [2.05, 4.69) is 10.4 Å². The summed E-state index contributed by atoms with van der Waals surface area (Å²) in [6.07, 6.45) is -4.44. The van der Waals surface area contributed by atoms with E-state index in [4.69, 9.17) is 0 Å². The molecule has 0 saturated carbocycles. The van der Waals surface area contributed by atoms with Gasteiger partial charge < -0.3 is 5.32 Å². The molecule has 7 heteroatoms. The van der Waals surface area contributed by atoms with Crippen molar-refractivity contribution in [1.29, 1.82) is 0 Å². The number of benzene rings is 2. The molecule has 0 aliphatic heterocycles. The van der Waals surface area contributed by atoms with E-state index < -0.39 is 11.7 Å². The van der Waals surface area contributed by atoms with E-state index in [1.165, 1.54) is 16.8 Å². The largest absolute Gasteiger partial charge is 0.417 e. The standard InChI is InChI=1S/C20H18F3N3O/c1-12-4-9-17(20(21,22)23)16(10-12)14-5-7-15(8-6-14)24-19(27)18-11-13(2)25-26(18)3/h4-11H,1-3H3,(H,24,27). The molecule has 140 valence electrons. The average molecular weight is 373 g/mol. The zero-order valence-corrected chi connectivity index (χ0v) is 15.1. The maximum atomic E-state index is 13.3. The van der Waals surface area contributed by atoms with E-state index in [1.54, 1.807) is 51.2 Å². The van der Waals surface area contributed by atoms with E-state index in [-0.39, 0.29) is 11.5 Å². The fourth-order valence-corrected chi connectivity index (χ4v) is 2.90. The van der Waals surface area contributed by atoms with Crippen LogP contribution in [0.25, 0.3) is 11.1 Å². The second-order valence-electron chi connectivity index (χ2n) is 6.37. The molecule has 0 radical (unpaired) electrons. The molecule has 3 rings (SSSR count). The molecule has 0 bridgehead atoms. The summed E-state index contributed by atoms with van der Waals surface area (Å²) in [4.78, 5) is 12.3. The number of aryl methyl sites for hydroxylation is 3. The maximum absolute atomic E-state index is 13.3. The number of nitrogens with zero attached hydrogens (tertiary/aromatic N) is 2. The number of hydrogen-bond donors (Lipinski definition) is 1. The lowest BCUT2D eigenvalue weighted by molar-refractivity contribution is -0.137. The normalized spacial score (nSPS) is 11.5. The lowest BCUT2D eigenvalue weighted by Gasteiger charge is -2.14. The van der Waals surface area contributed by atoms with Crippen LogP contribution in [0, 0.1) is 13.8 Å². The highest BCUT2D eigenvalue weighted by Gasteiger charge is 2.33. The van der Waals surface area contributed by atoms with Crippen LogP contribution in [0.3, 0.4) is 0 Å². The van der Waals surface area contributed by atoms with Crippen molar-refractivity contribution in [3.8, 4) is 11.1 Å². The summed E-state index contributed by atoms with van der Waals surface area (Å²) in [6, 6.07) is 12.0. The minimum atomic E-state index is -4.44. The Balaban J connectivity index is 1.87. The molecule has 0 aliphatic carbocycles. The first kappa shape index (κ1) is 18.7. The second kappa shape index (κ2) is 6.90. The van der Waals surface area contributed by atoms with E-state index >= 15 is 0 Å². The summed E-state index contributed by atoms with van der Waals surface area (Å²) >= 11 is 0. The Bertz CT molecular complexity index is 989. The molecule has 3 aromatic rings. The SMILES string of the molecule is Cc1ccc(C(F)(F)F)c(-c2ccc(NC(=O)c3cc(C)nn3C)cc2)c1. The Morgan fingerprint density at radius 1 is 1.04 bits per heavy atom. The van der Waals surface area contributed by atoms with Gasteiger partial charge in [0.1, 0.15) is 5.69 Å². The predicted octanol–water partition coefficient (Wildman–Crippen LogP) is 4.98. The highest BCUT2D eigenvalue weighted by molar-refractivity contribution is 6.03. The van der Waals surface area contributed by atoms with Crippen LogP contribution in [0.5, 0.6) is 0 Å². The van der Waals surface area contributed by atoms with Crippen LogP contribution in [-0.2, 0) is 13.2 Å². The molecule has 0 atom stereocenters. The van der Waals surface area contributed by atoms with Crippen molar-refractivity contribution >= 4 is 11.6 Å². The van der Waals surface area contributed by atoms with Crippen LogP contribution in [0.2, 0.25) is 0 Å². The van der Waals surface area contributed by atoms with Crippen molar-refractivity contribution in [1.82, 2.24) is 9.78 Å². The van der Waals surface area contributed by atoms with Crippen molar-refractivity contribution in [2.45, 2.75) is 20.0 Å². The molecule has 4 nitrogen and oxygen atoms in total. The highest BCUT2D eigenvalue weighted by atomic mass is 19.4. The fourth-order valence-electron chi connectivity index (χ4n) is 2.90. The molecule has 1 heterocycles. The van der Waals surface area contributed by atoms with E-state index in [0.717, 1.165) is 17.3 Å². The van der Waals surface area contributed by atoms with Gasteiger partial charge in [0.05, 0.1) is 11.3 Å². The van der Waals surface area contributed by atoms with Gasteiger partial charge in [0.15, 0.2) is 0 Å². The number of halogens is 3. The molecule has 0 fully saturated rings. The van der Waals surface area contributed by atoms with Crippen molar-refractivity contribution in [2.24, 2.45) is 7.05 Å². The number of carbonyl (C=O) groups is 1. The van der Waals surface area contributed by atoms with Crippen LogP contribution in [0.1, 0.15) is 27.3 Å². The lowest BCUT2D eigenvalue weighted by atomic mass is 9.97. The van der Waals surface area contributed by atoms with Crippen LogP contribution in [-0.4, -0.2) is 15.7 Å². The molecule has 0 unspecified atom stereocenters. The van der Waals surface area contributed by atoms with Gasteiger partial charge in [0.25, 0.3) is 5.91 Å². The third-order valence-electron chi connectivity index (χ3n) is 4.17. The third kappa shape index (κ3) is 4.02. The Labute approximate surface area is 154 Å². The molecule has 0 saturated heterocycles. The molecule has 27 heavy (non-hydrogen) atoms. The van der Waals surface area contributed by atoms with Gasteiger partial charge >= 0.3 is 6.18 Å². The first-order chi connectivity index (χ1) is 12.6. The van der Waals surface area contributed by atoms with Gasteiger partial charge in [-0.2, -0.15) is 18.3 Å². The van der Waals surface area contributed by atoms with Gasteiger partial charge in [0.2, 0.25) is 0 Å². The second-order valence-corrected chi connectivity index (χ2v) is 6.37. The molecule has 0 aliphatic rings. The zero-order valence-electron chi connectivity index (χ0n) is 15.1. The van der Waals surface area contributed by atoms with Crippen molar-refractivity contribution in [3.05, 3.63) is 71.0 Å². The van der Waals surface area contributed by atoms with Crippen molar-refractivity contribution in [2.75, 3.05) is 5.32 Å². The molecular weight excluding hydrogens is 355 g/mol. The number of anilines is 1. The Morgan fingerprint density at radius 2 is 1.70 bits per heavy atom. The number of rotatable bonds is 3. The molecular formula is C20H18F3N3O. The predicted molar refractivity (Wildman–Crippen MR) is 97.5 cm³/mol. The minimum Gasteiger partial charge on any atom is -0.321 e. The smallest absolute Gasteiger partial charge is 0.321 e. The van der Waals surface area contributed by atoms with Crippen LogP contribution >= 0.6 is 0 Å². The quantitative estimate of drug-likeness (QED) is 0.704. The van der Waals surface area contributed by atoms with Gasteiger partial charge in [0, 0.05) is 12.7 Å². The molecule has 2 aromatic carbocycles. The van der Waals surface area contributed by atoms with Crippen LogP contribution in [0.15, 0.2) is 48.5 Å². The number of carbonyl (C=O) groups excluding carboxylic acids is 1. The third-order valence-corrected chi connectivity index (χ3v) is 4.17.